The molecule has 0 radical (unpaired) electrons. The maximum Gasteiger partial charge on any atom is 0.326 e. The number of carboxylic acids is 1. The highest BCUT2D eigenvalue weighted by atomic mass is 16.4. The number of carbonyl (C=O) groups is 2. The maximum absolute atomic E-state index is 12.6. The van der Waals surface area contributed by atoms with Crippen molar-refractivity contribution >= 4 is 11.9 Å². The fourth-order valence-corrected chi connectivity index (χ4v) is 3.64. The van der Waals surface area contributed by atoms with Gasteiger partial charge in [0.25, 0.3) is 0 Å². The number of hydrogen-bond donors (Lipinski definition) is 2. The third-order valence-corrected chi connectivity index (χ3v) is 5.60. The quantitative estimate of drug-likeness (QED) is 0.602. The van der Waals surface area contributed by atoms with Crippen LogP contribution in [0.25, 0.3) is 0 Å². The molecule has 140 valence electrons. The number of rotatable bonds is 10. The molecular formula is C20H37NO3. The van der Waals surface area contributed by atoms with Crippen molar-refractivity contribution in [1.82, 2.24) is 5.32 Å². The summed E-state index contributed by atoms with van der Waals surface area (Å²) >= 11 is 0. The van der Waals surface area contributed by atoms with Crippen LogP contribution in [0.4, 0.5) is 0 Å². The summed E-state index contributed by atoms with van der Waals surface area (Å²) in [6.07, 6.45) is 10.1. The Morgan fingerprint density at radius 1 is 1.17 bits per heavy atom. The molecule has 1 fully saturated rings. The minimum Gasteiger partial charge on any atom is -0.480 e. The van der Waals surface area contributed by atoms with E-state index in [2.05, 4.69) is 19.2 Å². The van der Waals surface area contributed by atoms with Gasteiger partial charge < -0.3 is 10.4 Å². The van der Waals surface area contributed by atoms with Gasteiger partial charge in [0.05, 0.1) is 0 Å². The second-order valence-electron chi connectivity index (χ2n) is 8.34. The van der Waals surface area contributed by atoms with Crippen molar-refractivity contribution in [3.8, 4) is 0 Å². The number of nitrogens with one attached hydrogen (secondary N) is 1. The molecule has 0 heterocycles. The standard InChI is InChI=1S/C20H37NO3/c1-5-6-10-17(18(22)23)21-19(24)20(4)13-11-16(12-14-20)9-7-8-15(2)3/h15-17H,5-14H2,1-4H3,(H,21,24)(H,22,23)/t16-,17?,20-. The fraction of sp³-hybridized carbons (Fsp3) is 0.900. The predicted molar refractivity (Wildman–Crippen MR) is 97.8 cm³/mol. The van der Waals surface area contributed by atoms with E-state index in [0.29, 0.717) is 6.42 Å². The van der Waals surface area contributed by atoms with E-state index in [1.807, 2.05) is 13.8 Å². The van der Waals surface area contributed by atoms with E-state index in [1.54, 1.807) is 0 Å². The molecule has 1 aliphatic carbocycles. The molecular weight excluding hydrogens is 302 g/mol. The number of carboxylic acid groups (broad SMARTS) is 1. The van der Waals surface area contributed by atoms with E-state index in [4.69, 9.17) is 0 Å². The molecule has 0 aromatic heterocycles. The number of unbranched alkanes of at least 4 members (excludes halogenated alkanes) is 1. The van der Waals surface area contributed by atoms with Crippen molar-refractivity contribution in [3.63, 3.8) is 0 Å². The molecule has 1 unspecified atom stereocenters. The summed E-state index contributed by atoms with van der Waals surface area (Å²) in [6.45, 7) is 8.56. The van der Waals surface area contributed by atoms with E-state index in [-0.39, 0.29) is 5.91 Å². The van der Waals surface area contributed by atoms with E-state index < -0.39 is 17.4 Å². The summed E-state index contributed by atoms with van der Waals surface area (Å²) in [5.41, 5.74) is -0.394. The molecule has 0 bridgehead atoms. The predicted octanol–water partition coefficient (Wildman–Crippen LogP) is 4.77. The Balaban J connectivity index is 2.46. The first-order valence-electron chi connectivity index (χ1n) is 9.82. The molecule has 2 N–H and O–H groups in total. The highest BCUT2D eigenvalue weighted by molar-refractivity contribution is 5.87. The van der Waals surface area contributed by atoms with E-state index in [1.165, 1.54) is 19.3 Å². The Kier molecular flexibility index (Phi) is 8.79. The van der Waals surface area contributed by atoms with Crippen molar-refractivity contribution < 1.29 is 14.7 Å². The molecule has 1 atom stereocenters. The summed E-state index contributed by atoms with van der Waals surface area (Å²) in [6, 6.07) is -0.738. The molecule has 1 aliphatic rings. The Morgan fingerprint density at radius 3 is 2.29 bits per heavy atom. The molecule has 0 aromatic rings. The molecule has 0 aromatic carbocycles. The smallest absolute Gasteiger partial charge is 0.326 e. The lowest BCUT2D eigenvalue weighted by molar-refractivity contribution is -0.144. The summed E-state index contributed by atoms with van der Waals surface area (Å²) in [4.78, 5) is 24.0. The second kappa shape index (κ2) is 10.0. The lowest BCUT2D eigenvalue weighted by Gasteiger charge is -2.37. The Labute approximate surface area is 147 Å². The second-order valence-corrected chi connectivity index (χ2v) is 8.34. The fourth-order valence-electron chi connectivity index (χ4n) is 3.64. The van der Waals surface area contributed by atoms with Gasteiger partial charge in [-0.2, -0.15) is 0 Å². The highest BCUT2D eigenvalue weighted by Gasteiger charge is 2.38. The van der Waals surface area contributed by atoms with Gasteiger partial charge in [-0.3, -0.25) is 4.79 Å². The van der Waals surface area contributed by atoms with Crippen LogP contribution in [0.1, 0.15) is 91.9 Å². The average Bonchev–Trinajstić information content (AvgIpc) is 2.52. The van der Waals surface area contributed by atoms with Crippen LogP contribution in [0.2, 0.25) is 0 Å². The van der Waals surface area contributed by atoms with Crippen LogP contribution in [-0.2, 0) is 9.59 Å². The number of hydrogen-bond acceptors (Lipinski definition) is 2. The van der Waals surface area contributed by atoms with Gasteiger partial charge in [-0.1, -0.05) is 59.8 Å². The largest absolute Gasteiger partial charge is 0.480 e. The number of carbonyl (C=O) groups excluding carboxylic acids is 1. The highest BCUT2D eigenvalue weighted by Crippen LogP contribution is 2.40. The molecule has 0 aliphatic heterocycles. The molecule has 1 saturated carbocycles. The normalized spacial score (nSPS) is 25.5. The maximum atomic E-state index is 12.6. The third kappa shape index (κ3) is 6.82. The molecule has 1 rings (SSSR count). The summed E-state index contributed by atoms with van der Waals surface area (Å²) in [5.74, 6) is 0.523. The third-order valence-electron chi connectivity index (χ3n) is 5.60. The van der Waals surface area contributed by atoms with Gasteiger partial charge in [0.1, 0.15) is 6.04 Å². The van der Waals surface area contributed by atoms with Crippen LogP contribution in [0.15, 0.2) is 0 Å². The van der Waals surface area contributed by atoms with Crippen LogP contribution in [-0.4, -0.2) is 23.0 Å². The van der Waals surface area contributed by atoms with Crippen molar-refractivity contribution in [2.45, 2.75) is 97.9 Å². The van der Waals surface area contributed by atoms with E-state index >= 15 is 0 Å². The van der Waals surface area contributed by atoms with Gasteiger partial charge in [-0.15, -0.1) is 0 Å². The van der Waals surface area contributed by atoms with Gasteiger partial charge in [0, 0.05) is 5.41 Å². The summed E-state index contributed by atoms with van der Waals surface area (Å²) in [7, 11) is 0. The zero-order chi connectivity index (χ0) is 18.2. The minimum absolute atomic E-state index is 0.0633. The molecule has 24 heavy (non-hydrogen) atoms. The Bertz CT molecular complexity index is 398. The van der Waals surface area contributed by atoms with Crippen molar-refractivity contribution in [1.29, 1.82) is 0 Å². The molecule has 0 saturated heterocycles. The number of aliphatic carboxylic acids is 1. The Hall–Kier alpha value is -1.06. The lowest BCUT2D eigenvalue weighted by Crippen LogP contribution is -2.48. The zero-order valence-corrected chi connectivity index (χ0v) is 16.1. The SMILES string of the molecule is CCCCC(NC(=O)[C@]1(C)CC[C@@H](CCCC(C)C)CC1)C(=O)O. The molecule has 0 spiro atoms. The molecule has 4 heteroatoms. The van der Waals surface area contributed by atoms with Crippen LogP contribution in [0, 0.1) is 17.3 Å². The molecule has 4 nitrogen and oxygen atoms in total. The van der Waals surface area contributed by atoms with Gasteiger partial charge in [-0.25, -0.2) is 4.79 Å². The van der Waals surface area contributed by atoms with Gasteiger partial charge in [-0.05, 0) is 43.9 Å². The first-order valence-corrected chi connectivity index (χ1v) is 9.82. The lowest BCUT2D eigenvalue weighted by atomic mass is 9.70. The van der Waals surface area contributed by atoms with Crippen LogP contribution >= 0.6 is 0 Å². The topological polar surface area (TPSA) is 66.4 Å². The van der Waals surface area contributed by atoms with Gasteiger partial charge in [0.2, 0.25) is 5.91 Å². The number of amides is 1. The van der Waals surface area contributed by atoms with Gasteiger partial charge >= 0.3 is 5.97 Å². The van der Waals surface area contributed by atoms with E-state index in [0.717, 1.165) is 50.4 Å². The summed E-state index contributed by atoms with van der Waals surface area (Å²) in [5, 5.41) is 12.1. The first-order chi connectivity index (χ1) is 11.3. The van der Waals surface area contributed by atoms with Crippen LogP contribution in [0.5, 0.6) is 0 Å². The first kappa shape index (κ1) is 21.0. The zero-order valence-electron chi connectivity index (χ0n) is 16.1. The summed E-state index contributed by atoms with van der Waals surface area (Å²) < 4.78 is 0. The van der Waals surface area contributed by atoms with Crippen molar-refractivity contribution in [3.05, 3.63) is 0 Å². The van der Waals surface area contributed by atoms with E-state index in [9.17, 15) is 14.7 Å². The van der Waals surface area contributed by atoms with Crippen molar-refractivity contribution in [2.24, 2.45) is 17.3 Å². The average molecular weight is 340 g/mol. The molecule has 1 amide bonds. The minimum atomic E-state index is -0.914. The Morgan fingerprint density at radius 2 is 1.79 bits per heavy atom. The van der Waals surface area contributed by atoms with Crippen molar-refractivity contribution in [2.75, 3.05) is 0 Å². The van der Waals surface area contributed by atoms with Crippen LogP contribution in [0.3, 0.4) is 0 Å². The van der Waals surface area contributed by atoms with Crippen LogP contribution < -0.4 is 5.32 Å². The van der Waals surface area contributed by atoms with Gasteiger partial charge in [0.15, 0.2) is 0 Å². The monoisotopic (exact) mass is 339 g/mol.